The molecule has 58 valence electrons. The fraction of sp³-hybridized carbons (Fsp3) is 0.667. The van der Waals surface area contributed by atoms with E-state index in [2.05, 4.69) is 16.4 Å². The van der Waals surface area contributed by atoms with E-state index in [0.29, 0.717) is 6.61 Å². The first-order valence-electron chi connectivity index (χ1n) is 3.07. The molecule has 0 rings (SSSR count). The summed E-state index contributed by atoms with van der Waals surface area (Å²) in [7, 11) is 0. The van der Waals surface area contributed by atoms with Crippen molar-refractivity contribution in [3.05, 3.63) is 0 Å². The average molecular weight is 144 g/mol. The van der Waals surface area contributed by atoms with Gasteiger partial charge < -0.3 is 10.5 Å². The maximum Gasteiger partial charge on any atom is 0.324 e. The van der Waals surface area contributed by atoms with E-state index in [1.807, 2.05) is 0 Å². The smallest absolute Gasteiger partial charge is 0.324 e. The molecule has 0 aromatic heterocycles. The molecule has 0 aliphatic rings. The van der Waals surface area contributed by atoms with Crippen LogP contribution in [0.15, 0.2) is 4.99 Å². The average Bonchev–Trinajstić information content (AvgIpc) is 1.89. The molecule has 0 radical (unpaired) electrons. The highest BCUT2D eigenvalue weighted by Gasteiger charge is 2.11. The van der Waals surface area contributed by atoms with Gasteiger partial charge in [-0.3, -0.25) is 9.79 Å². The molecule has 2 N–H and O–H groups in total. The predicted molar refractivity (Wildman–Crippen MR) is 39.0 cm³/mol. The normalized spacial score (nSPS) is 12.2. The number of nitrogens with zero attached hydrogens (tertiary/aromatic N) is 1. The third-order valence-corrected chi connectivity index (χ3v) is 0.915. The van der Waals surface area contributed by atoms with Crippen molar-refractivity contribution in [1.29, 1.82) is 0 Å². The van der Waals surface area contributed by atoms with Crippen LogP contribution in [-0.4, -0.2) is 31.9 Å². The minimum atomic E-state index is -0.655. The highest BCUT2D eigenvalue weighted by atomic mass is 16.5. The molecule has 4 heteroatoms. The third kappa shape index (κ3) is 3.19. The van der Waals surface area contributed by atoms with E-state index in [4.69, 9.17) is 5.73 Å². The molecule has 0 spiro atoms. The van der Waals surface area contributed by atoms with Crippen LogP contribution >= 0.6 is 0 Å². The number of ether oxygens (including phenoxy) is 1. The van der Waals surface area contributed by atoms with Gasteiger partial charge in [0.2, 0.25) is 0 Å². The zero-order valence-corrected chi connectivity index (χ0v) is 6.04. The molecule has 0 aliphatic heterocycles. The van der Waals surface area contributed by atoms with Crippen molar-refractivity contribution in [3.8, 4) is 0 Å². The number of nitrogens with two attached hydrogens (primary N) is 1. The first kappa shape index (κ1) is 9.10. The Balaban J connectivity index is 3.58. The summed E-state index contributed by atoms with van der Waals surface area (Å²) in [6.45, 7) is 5.51. The maximum atomic E-state index is 10.7. The van der Waals surface area contributed by atoms with E-state index in [1.165, 1.54) is 0 Å². The fourth-order valence-electron chi connectivity index (χ4n) is 0.463. The van der Waals surface area contributed by atoms with E-state index in [9.17, 15) is 4.79 Å². The fourth-order valence-corrected chi connectivity index (χ4v) is 0.463. The SMILES string of the molecule is C=NCC(N)C(=O)OCC. The Morgan fingerprint density at radius 3 is 2.90 bits per heavy atom. The van der Waals surface area contributed by atoms with Gasteiger partial charge in [0.1, 0.15) is 6.04 Å². The predicted octanol–water partition coefficient (Wildman–Crippen LogP) is -0.423. The van der Waals surface area contributed by atoms with Crippen LogP contribution in [0.25, 0.3) is 0 Å². The van der Waals surface area contributed by atoms with Crippen LogP contribution in [-0.2, 0) is 9.53 Å². The molecule has 1 atom stereocenters. The summed E-state index contributed by atoms with van der Waals surface area (Å²) in [5.74, 6) is -0.421. The third-order valence-electron chi connectivity index (χ3n) is 0.915. The van der Waals surface area contributed by atoms with Gasteiger partial charge in [0.15, 0.2) is 0 Å². The number of rotatable bonds is 4. The Bertz CT molecular complexity index is 125. The Hall–Kier alpha value is -0.900. The minimum Gasteiger partial charge on any atom is -0.465 e. The van der Waals surface area contributed by atoms with Crippen molar-refractivity contribution < 1.29 is 9.53 Å². The van der Waals surface area contributed by atoms with Crippen LogP contribution in [0, 0.1) is 0 Å². The lowest BCUT2D eigenvalue weighted by Gasteiger charge is -2.05. The van der Waals surface area contributed by atoms with Crippen LogP contribution in [0.3, 0.4) is 0 Å². The lowest BCUT2D eigenvalue weighted by Crippen LogP contribution is -2.34. The number of hydrogen-bond acceptors (Lipinski definition) is 4. The topological polar surface area (TPSA) is 64.7 Å². The number of esters is 1. The Kier molecular flexibility index (Phi) is 4.49. The highest BCUT2D eigenvalue weighted by molar-refractivity contribution is 5.75. The van der Waals surface area contributed by atoms with Gasteiger partial charge in [-0.25, -0.2) is 0 Å². The van der Waals surface area contributed by atoms with E-state index >= 15 is 0 Å². The van der Waals surface area contributed by atoms with Crippen molar-refractivity contribution in [2.24, 2.45) is 10.7 Å². The summed E-state index contributed by atoms with van der Waals surface area (Å²) in [4.78, 5) is 14.2. The van der Waals surface area contributed by atoms with Crippen LogP contribution in [0.4, 0.5) is 0 Å². The van der Waals surface area contributed by atoms with Gasteiger partial charge in [0.25, 0.3) is 0 Å². The molecule has 0 saturated heterocycles. The summed E-state index contributed by atoms with van der Waals surface area (Å²) in [5.41, 5.74) is 5.31. The summed E-state index contributed by atoms with van der Waals surface area (Å²) in [5, 5.41) is 0. The van der Waals surface area contributed by atoms with E-state index in [-0.39, 0.29) is 6.54 Å². The van der Waals surface area contributed by atoms with Gasteiger partial charge in [-0.2, -0.15) is 0 Å². The molecule has 0 bridgehead atoms. The summed E-state index contributed by atoms with van der Waals surface area (Å²) in [6.07, 6.45) is 0. The van der Waals surface area contributed by atoms with Crippen LogP contribution in [0.5, 0.6) is 0 Å². The number of carbonyl (C=O) groups excluding carboxylic acids is 1. The molecule has 4 nitrogen and oxygen atoms in total. The zero-order chi connectivity index (χ0) is 7.98. The van der Waals surface area contributed by atoms with Gasteiger partial charge in [-0.1, -0.05) is 0 Å². The maximum absolute atomic E-state index is 10.7. The first-order chi connectivity index (χ1) is 4.72. The van der Waals surface area contributed by atoms with E-state index in [0.717, 1.165) is 0 Å². The number of carbonyl (C=O) groups is 1. The molecule has 0 amide bonds. The second kappa shape index (κ2) is 4.93. The molecule has 1 unspecified atom stereocenters. The molecule has 0 heterocycles. The van der Waals surface area contributed by atoms with Gasteiger partial charge in [0, 0.05) is 0 Å². The van der Waals surface area contributed by atoms with Gasteiger partial charge >= 0.3 is 5.97 Å². The largest absolute Gasteiger partial charge is 0.465 e. The monoisotopic (exact) mass is 144 g/mol. The van der Waals surface area contributed by atoms with Crippen LogP contribution < -0.4 is 5.73 Å². The minimum absolute atomic E-state index is 0.221. The second-order valence-corrected chi connectivity index (χ2v) is 1.76. The summed E-state index contributed by atoms with van der Waals surface area (Å²) in [6, 6.07) is -0.655. The Morgan fingerprint density at radius 2 is 2.50 bits per heavy atom. The Morgan fingerprint density at radius 1 is 1.90 bits per heavy atom. The molecule has 0 saturated carbocycles. The van der Waals surface area contributed by atoms with Crippen molar-refractivity contribution >= 4 is 12.7 Å². The molecule has 0 aromatic rings. The Labute approximate surface area is 60.1 Å². The lowest BCUT2D eigenvalue weighted by atomic mass is 10.3. The van der Waals surface area contributed by atoms with Gasteiger partial charge in [-0.15, -0.1) is 0 Å². The molecular formula is C6H12N2O2. The standard InChI is InChI=1S/C6H12N2O2/c1-3-10-6(9)5(7)4-8-2/h5H,2-4,7H2,1H3. The lowest BCUT2D eigenvalue weighted by molar-refractivity contribution is -0.144. The van der Waals surface area contributed by atoms with Gasteiger partial charge in [-0.05, 0) is 13.6 Å². The van der Waals surface area contributed by atoms with Gasteiger partial charge in [0.05, 0.1) is 13.2 Å². The quantitative estimate of drug-likeness (QED) is 0.430. The van der Waals surface area contributed by atoms with Crippen molar-refractivity contribution in [2.75, 3.05) is 13.2 Å². The molecule has 10 heavy (non-hydrogen) atoms. The highest BCUT2D eigenvalue weighted by Crippen LogP contribution is 1.85. The molecule has 0 fully saturated rings. The molecular weight excluding hydrogens is 132 g/mol. The van der Waals surface area contributed by atoms with Crippen LogP contribution in [0.2, 0.25) is 0 Å². The van der Waals surface area contributed by atoms with Crippen molar-refractivity contribution in [1.82, 2.24) is 0 Å². The van der Waals surface area contributed by atoms with E-state index in [1.54, 1.807) is 6.92 Å². The van der Waals surface area contributed by atoms with Crippen molar-refractivity contribution in [3.63, 3.8) is 0 Å². The van der Waals surface area contributed by atoms with E-state index < -0.39 is 12.0 Å². The summed E-state index contributed by atoms with van der Waals surface area (Å²) < 4.78 is 4.60. The molecule has 0 aromatic carbocycles. The second-order valence-electron chi connectivity index (χ2n) is 1.76. The first-order valence-corrected chi connectivity index (χ1v) is 3.07. The summed E-state index contributed by atoms with van der Waals surface area (Å²) >= 11 is 0. The number of aliphatic imine (C=N–C) groups is 1. The molecule has 0 aliphatic carbocycles. The van der Waals surface area contributed by atoms with Crippen molar-refractivity contribution in [2.45, 2.75) is 13.0 Å². The zero-order valence-electron chi connectivity index (χ0n) is 6.04. The van der Waals surface area contributed by atoms with Crippen LogP contribution in [0.1, 0.15) is 6.92 Å². The number of hydrogen-bond donors (Lipinski definition) is 1.